The minimum atomic E-state index is -1.38. The molecule has 1 aromatic rings. The standard InChI is InChI=1S/C13H19NO3.C8H19N/c1-4-9(2)11(12(15)16)13(3,17)10-5-7-14-8-6-10;1-3-5-7-9-8-6-4-2/h5-9,11,17H,4H2,1-3H3,(H,15,16);9H,3-8H2,1-2H3. The molecule has 0 saturated carbocycles. The monoisotopic (exact) mass is 366 g/mol. The van der Waals surface area contributed by atoms with E-state index in [1.165, 1.54) is 38.8 Å². The van der Waals surface area contributed by atoms with Gasteiger partial charge in [-0.1, -0.05) is 47.0 Å². The molecule has 0 aromatic carbocycles. The molecule has 26 heavy (non-hydrogen) atoms. The first kappa shape index (κ1) is 24.5. The Balaban J connectivity index is 0.000000590. The van der Waals surface area contributed by atoms with Crippen LogP contribution in [0.5, 0.6) is 0 Å². The van der Waals surface area contributed by atoms with Gasteiger partial charge in [0.2, 0.25) is 0 Å². The molecule has 0 bridgehead atoms. The molecule has 0 fully saturated rings. The molecule has 0 aliphatic carbocycles. The predicted octanol–water partition coefficient (Wildman–Crippen LogP) is 4.21. The first-order valence-corrected chi connectivity index (χ1v) is 9.89. The van der Waals surface area contributed by atoms with Crippen molar-refractivity contribution in [1.82, 2.24) is 10.3 Å². The van der Waals surface area contributed by atoms with Crippen LogP contribution in [0, 0.1) is 11.8 Å². The van der Waals surface area contributed by atoms with Gasteiger partial charge in [0.15, 0.2) is 0 Å². The van der Waals surface area contributed by atoms with Crippen molar-refractivity contribution in [3.05, 3.63) is 30.1 Å². The second-order valence-corrected chi connectivity index (χ2v) is 7.04. The first-order chi connectivity index (χ1) is 12.3. The number of rotatable bonds is 11. The van der Waals surface area contributed by atoms with Crippen LogP contribution in [0.1, 0.15) is 72.3 Å². The highest BCUT2D eigenvalue weighted by atomic mass is 16.4. The fourth-order valence-electron chi connectivity index (χ4n) is 2.87. The van der Waals surface area contributed by atoms with Gasteiger partial charge in [-0.05, 0) is 56.5 Å². The van der Waals surface area contributed by atoms with E-state index in [2.05, 4.69) is 24.1 Å². The second-order valence-electron chi connectivity index (χ2n) is 7.04. The Labute approximate surface area is 159 Å². The van der Waals surface area contributed by atoms with Gasteiger partial charge in [-0.15, -0.1) is 0 Å². The summed E-state index contributed by atoms with van der Waals surface area (Å²) in [7, 11) is 0. The lowest BCUT2D eigenvalue weighted by molar-refractivity contribution is -0.155. The summed E-state index contributed by atoms with van der Waals surface area (Å²) in [6.07, 6.45) is 9.07. The maximum absolute atomic E-state index is 11.3. The van der Waals surface area contributed by atoms with Crippen molar-refractivity contribution < 1.29 is 15.0 Å². The summed E-state index contributed by atoms with van der Waals surface area (Å²) in [4.78, 5) is 15.2. The largest absolute Gasteiger partial charge is 0.481 e. The summed E-state index contributed by atoms with van der Waals surface area (Å²) in [5.41, 5.74) is -0.801. The summed E-state index contributed by atoms with van der Waals surface area (Å²) in [5, 5.41) is 23.2. The zero-order valence-electron chi connectivity index (χ0n) is 17.2. The predicted molar refractivity (Wildman–Crippen MR) is 107 cm³/mol. The fourth-order valence-corrected chi connectivity index (χ4v) is 2.87. The van der Waals surface area contributed by atoms with Gasteiger partial charge in [-0.2, -0.15) is 0 Å². The first-order valence-electron chi connectivity index (χ1n) is 9.89. The zero-order chi connectivity index (χ0) is 20.0. The van der Waals surface area contributed by atoms with Gasteiger partial charge in [0.25, 0.3) is 0 Å². The Kier molecular flexibility index (Phi) is 12.9. The SMILES string of the molecule is CCC(C)C(C(=O)O)C(C)(O)c1ccncc1.CCCCNCCCC. The average Bonchev–Trinajstić information content (AvgIpc) is 2.62. The molecule has 150 valence electrons. The molecule has 1 rings (SSSR count). The lowest BCUT2D eigenvalue weighted by Crippen LogP contribution is -2.41. The van der Waals surface area contributed by atoms with Gasteiger partial charge in [0.05, 0.1) is 5.92 Å². The van der Waals surface area contributed by atoms with Crippen LogP contribution in [0.3, 0.4) is 0 Å². The molecule has 5 nitrogen and oxygen atoms in total. The molecule has 1 heterocycles. The van der Waals surface area contributed by atoms with Crippen molar-refractivity contribution in [3.8, 4) is 0 Å². The summed E-state index contributed by atoms with van der Waals surface area (Å²) >= 11 is 0. The van der Waals surface area contributed by atoms with E-state index in [1.807, 2.05) is 13.8 Å². The van der Waals surface area contributed by atoms with Crippen LogP contribution >= 0.6 is 0 Å². The van der Waals surface area contributed by atoms with Crippen LogP contribution in [0.2, 0.25) is 0 Å². The molecular weight excluding hydrogens is 328 g/mol. The lowest BCUT2D eigenvalue weighted by atomic mass is 9.75. The number of unbranched alkanes of at least 4 members (excludes halogenated alkanes) is 2. The van der Waals surface area contributed by atoms with Gasteiger partial charge < -0.3 is 15.5 Å². The van der Waals surface area contributed by atoms with Crippen LogP contribution in [-0.2, 0) is 10.4 Å². The number of aromatic nitrogens is 1. The molecule has 0 radical (unpaired) electrons. The Hall–Kier alpha value is -1.46. The molecule has 0 amide bonds. The number of nitrogens with zero attached hydrogens (tertiary/aromatic N) is 1. The molecule has 0 aliphatic rings. The van der Waals surface area contributed by atoms with E-state index >= 15 is 0 Å². The maximum Gasteiger partial charge on any atom is 0.310 e. The Morgan fingerprint density at radius 3 is 2.04 bits per heavy atom. The Bertz CT molecular complexity index is 471. The minimum Gasteiger partial charge on any atom is -0.481 e. The van der Waals surface area contributed by atoms with Gasteiger partial charge in [-0.3, -0.25) is 9.78 Å². The number of aliphatic hydroxyl groups is 1. The topological polar surface area (TPSA) is 82.5 Å². The Morgan fingerprint density at radius 1 is 1.15 bits per heavy atom. The number of carboxylic acid groups (broad SMARTS) is 1. The molecule has 3 atom stereocenters. The summed E-state index contributed by atoms with van der Waals surface area (Å²) in [6, 6.07) is 3.30. The van der Waals surface area contributed by atoms with Crippen LogP contribution in [0.4, 0.5) is 0 Å². The van der Waals surface area contributed by atoms with Crippen molar-refractivity contribution in [2.45, 2.75) is 72.3 Å². The minimum absolute atomic E-state index is 0.101. The van der Waals surface area contributed by atoms with E-state index in [-0.39, 0.29) is 5.92 Å². The second kappa shape index (κ2) is 13.7. The highest BCUT2D eigenvalue weighted by Crippen LogP contribution is 2.35. The number of carbonyl (C=O) groups is 1. The third kappa shape index (κ3) is 8.77. The van der Waals surface area contributed by atoms with E-state index in [4.69, 9.17) is 0 Å². The Morgan fingerprint density at radius 2 is 1.65 bits per heavy atom. The van der Waals surface area contributed by atoms with Crippen molar-refractivity contribution in [3.63, 3.8) is 0 Å². The molecule has 3 N–H and O–H groups in total. The van der Waals surface area contributed by atoms with E-state index in [1.54, 1.807) is 31.5 Å². The molecule has 0 aliphatic heterocycles. The number of hydrogen-bond donors (Lipinski definition) is 3. The van der Waals surface area contributed by atoms with Crippen molar-refractivity contribution >= 4 is 5.97 Å². The van der Waals surface area contributed by atoms with Crippen LogP contribution in [0.25, 0.3) is 0 Å². The van der Waals surface area contributed by atoms with Crippen molar-refractivity contribution in [2.75, 3.05) is 13.1 Å². The van der Waals surface area contributed by atoms with Gasteiger partial charge in [-0.25, -0.2) is 0 Å². The van der Waals surface area contributed by atoms with E-state index < -0.39 is 17.5 Å². The molecule has 0 spiro atoms. The van der Waals surface area contributed by atoms with E-state index in [0.29, 0.717) is 12.0 Å². The average molecular weight is 367 g/mol. The summed E-state index contributed by atoms with van der Waals surface area (Å²) in [6.45, 7) is 12.2. The van der Waals surface area contributed by atoms with Crippen molar-refractivity contribution in [2.24, 2.45) is 11.8 Å². The molecule has 1 aromatic heterocycles. The molecule has 0 saturated heterocycles. The third-order valence-corrected chi connectivity index (χ3v) is 4.76. The van der Waals surface area contributed by atoms with Crippen LogP contribution in [-0.4, -0.2) is 34.3 Å². The zero-order valence-corrected chi connectivity index (χ0v) is 17.2. The van der Waals surface area contributed by atoms with E-state index in [9.17, 15) is 15.0 Å². The fraction of sp³-hybridized carbons (Fsp3) is 0.714. The van der Waals surface area contributed by atoms with Gasteiger partial charge in [0.1, 0.15) is 5.60 Å². The van der Waals surface area contributed by atoms with Gasteiger partial charge in [0, 0.05) is 12.4 Å². The normalized spacial score (nSPS) is 15.3. The number of nitrogens with one attached hydrogen (secondary N) is 1. The molecular formula is C21H38N2O3. The maximum atomic E-state index is 11.3. The molecule has 5 heteroatoms. The van der Waals surface area contributed by atoms with E-state index in [0.717, 1.165) is 0 Å². The number of aliphatic carboxylic acids is 1. The molecule has 3 unspecified atom stereocenters. The van der Waals surface area contributed by atoms with Crippen LogP contribution < -0.4 is 5.32 Å². The quantitative estimate of drug-likeness (QED) is 0.511. The van der Waals surface area contributed by atoms with Gasteiger partial charge >= 0.3 is 5.97 Å². The number of pyridine rings is 1. The number of carboxylic acids is 1. The smallest absolute Gasteiger partial charge is 0.310 e. The summed E-state index contributed by atoms with van der Waals surface area (Å²) < 4.78 is 0. The number of hydrogen-bond acceptors (Lipinski definition) is 4. The highest BCUT2D eigenvalue weighted by Gasteiger charge is 2.41. The van der Waals surface area contributed by atoms with Crippen molar-refractivity contribution in [1.29, 1.82) is 0 Å². The highest BCUT2D eigenvalue weighted by molar-refractivity contribution is 5.72. The van der Waals surface area contributed by atoms with Crippen LogP contribution in [0.15, 0.2) is 24.5 Å². The third-order valence-electron chi connectivity index (χ3n) is 4.76. The summed E-state index contributed by atoms with van der Waals surface area (Å²) in [5.74, 6) is -1.90. The lowest BCUT2D eigenvalue weighted by Gasteiger charge is -2.34.